The summed E-state index contributed by atoms with van der Waals surface area (Å²) in [5, 5.41) is 14.2. The number of nitrogens with one attached hydrogen (secondary N) is 1. The average molecular weight is 169 g/mol. The van der Waals surface area contributed by atoms with E-state index in [9.17, 15) is 0 Å². The van der Waals surface area contributed by atoms with Gasteiger partial charge in [0.2, 0.25) is 0 Å². The number of oxime groups is 1. The van der Waals surface area contributed by atoms with E-state index in [1.807, 2.05) is 13.8 Å². The molecule has 0 amide bonds. The highest BCUT2D eigenvalue weighted by Gasteiger charge is 2.18. The van der Waals surface area contributed by atoms with Crippen molar-refractivity contribution in [2.45, 2.75) is 32.4 Å². The second kappa shape index (κ2) is 3.98. The fraction of sp³-hybridized carbons (Fsp3) is 0.625. The zero-order chi connectivity index (χ0) is 9.78. The van der Waals surface area contributed by atoms with Crippen molar-refractivity contribution in [1.29, 1.82) is 0 Å². The Hall–Kier alpha value is -1.21. The monoisotopic (exact) mass is 169 g/mol. The summed E-state index contributed by atoms with van der Waals surface area (Å²) in [4.78, 5) is 0. The van der Waals surface area contributed by atoms with Crippen LogP contribution in [0.15, 0.2) is 5.16 Å². The lowest BCUT2D eigenvalue weighted by Crippen LogP contribution is -2.49. The van der Waals surface area contributed by atoms with Gasteiger partial charge in [-0.2, -0.15) is 0 Å². The number of hydrogen-bond donors (Lipinski definition) is 3. The van der Waals surface area contributed by atoms with Crippen LogP contribution in [0.3, 0.4) is 0 Å². The Morgan fingerprint density at radius 3 is 2.58 bits per heavy atom. The minimum Gasteiger partial charge on any atom is -0.409 e. The molecule has 0 heterocycles. The van der Waals surface area contributed by atoms with Crippen molar-refractivity contribution in [2.24, 2.45) is 10.9 Å². The highest BCUT2D eigenvalue weighted by atomic mass is 16.4. The maximum atomic E-state index is 8.35. The van der Waals surface area contributed by atoms with Crippen LogP contribution in [0.5, 0.6) is 0 Å². The SMILES string of the molecule is C#CC(C)(C)NC(C)C(N)=NO. The van der Waals surface area contributed by atoms with E-state index in [1.54, 1.807) is 6.92 Å². The molecule has 0 saturated carbocycles. The highest BCUT2D eigenvalue weighted by Crippen LogP contribution is 2.00. The molecular formula is C8H15N3O. The molecule has 1 unspecified atom stereocenters. The van der Waals surface area contributed by atoms with Crippen LogP contribution in [0.25, 0.3) is 0 Å². The van der Waals surface area contributed by atoms with Crippen LogP contribution >= 0.6 is 0 Å². The molecule has 0 aromatic rings. The second-order valence-corrected chi connectivity index (χ2v) is 3.16. The lowest BCUT2D eigenvalue weighted by Gasteiger charge is -2.23. The fourth-order valence-electron chi connectivity index (χ4n) is 0.743. The molecule has 1 atom stereocenters. The Bertz CT molecular complexity index is 215. The number of terminal acetylenes is 1. The molecule has 0 aliphatic rings. The van der Waals surface area contributed by atoms with Gasteiger partial charge in [0.25, 0.3) is 0 Å². The third-order valence-electron chi connectivity index (χ3n) is 1.50. The lowest BCUT2D eigenvalue weighted by atomic mass is 10.1. The number of nitrogens with zero attached hydrogens (tertiary/aromatic N) is 1. The third-order valence-corrected chi connectivity index (χ3v) is 1.50. The Kier molecular flexibility index (Phi) is 3.58. The van der Waals surface area contributed by atoms with Crippen molar-refractivity contribution < 1.29 is 5.21 Å². The van der Waals surface area contributed by atoms with Gasteiger partial charge in [0.05, 0.1) is 11.6 Å². The molecule has 12 heavy (non-hydrogen) atoms. The number of hydrogen-bond acceptors (Lipinski definition) is 3. The summed E-state index contributed by atoms with van der Waals surface area (Å²) < 4.78 is 0. The summed E-state index contributed by atoms with van der Waals surface area (Å²) in [5.74, 6) is 2.67. The van der Waals surface area contributed by atoms with Crippen molar-refractivity contribution >= 4 is 5.84 Å². The fourth-order valence-corrected chi connectivity index (χ4v) is 0.743. The number of amidine groups is 1. The van der Waals surface area contributed by atoms with Gasteiger partial charge in [-0.15, -0.1) is 6.42 Å². The Balaban J connectivity index is 4.21. The first-order valence-corrected chi connectivity index (χ1v) is 3.66. The molecule has 68 valence electrons. The predicted octanol–water partition coefficient (Wildman–Crippen LogP) is 0.123. The first kappa shape index (κ1) is 10.8. The number of nitrogens with two attached hydrogens (primary N) is 1. The molecule has 4 heteroatoms. The van der Waals surface area contributed by atoms with Crippen LogP contribution in [0.2, 0.25) is 0 Å². The molecule has 0 spiro atoms. The van der Waals surface area contributed by atoms with Gasteiger partial charge in [0, 0.05) is 0 Å². The van der Waals surface area contributed by atoms with E-state index >= 15 is 0 Å². The van der Waals surface area contributed by atoms with Crippen LogP contribution in [-0.2, 0) is 0 Å². The van der Waals surface area contributed by atoms with Gasteiger partial charge >= 0.3 is 0 Å². The predicted molar refractivity (Wildman–Crippen MR) is 48.9 cm³/mol. The summed E-state index contributed by atoms with van der Waals surface area (Å²) >= 11 is 0. The molecule has 0 saturated heterocycles. The zero-order valence-corrected chi connectivity index (χ0v) is 7.63. The van der Waals surface area contributed by atoms with E-state index in [1.165, 1.54) is 0 Å². The van der Waals surface area contributed by atoms with Crippen LogP contribution in [0.4, 0.5) is 0 Å². The van der Waals surface area contributed by atoms with Crippen molar-refractivity contribution in [3.05, 3.63) is 0 Å². The molecule has 0 aromatic carbocycles. The van der Waals surface area contributed by atoms with E-state index in [0.717, 1.165) is 0 Å². The van der Waals surface area contributed by atoms with Gasteiger partial charge in [0.15, 0.2) is 5.84 Å². The van der Waals surface area contributed by atoms with Crippen LogP contribution in [0, 0.1) is 12.3 Å². The van der Waals surface area contributed by atoms with E-state index < -0.39 is 5.54 Å². The topological polar surface area (TPSA) is 70.6 Å². The summed E-state index contributed by atoms with van der Waals surface area (Å²) in [5.41, 5.74) is 4.90. The van der Waals surface area contributed by atoms with E-state index in [-0.39, 0.29) is 11.9 Å². The molecule has 0 aliphatic carbocycles. The smallest absolute Gasteiger partial charge is 0.156 e. The minimum absolute atomic E-state index is 0.123. The van der Waals surface area contributed by atoms with Gasteiger partial charge in [-0.3, -0.25) is 5.32 Å². The van der Waals surface area contributed by atoms with Crippen molar-refractivity contribution in [1.82, 2.24) is 5.32 Å². The normalized spacial score (nSPS) is 15.3. The molecule has 4 nitrogen and oxygen atoms in total. The Morgan fingerprint density at radius 2 is 2.25 bits per heavy atom. The average Bonchev–Trinajstić information content (AvgIpc) is 2.02. The van der Waals surface area contributed by atoms with E-state index in [2.05, 4.69) is 16.4 Å². The highest BCUT2D eigenvalue weighted by molar-refractivity contribution is 5.84. The molecular weight excluding hydrogens is 154 g/mol. The Labute approximate surface area is 72.8 Å². The van der Waals surface area contributed by atoms with Gasteiger partial charge in [-0.05, 0) is 20.8 Å². The Morgan fingerprint density at radius 1 is 1.75 bits per heavy atom. The molecule has 0 rings (SSSR count). The zero-order valence-electron chi connectivity index (χ0n) is 7.63. The molecule has 0 bridgehead atoms. The third kappa shape index (κ3) is 3.26. The largest absolute Gasteiger partial charge is 0.409 e. The lowest BCUT2D eigenvalue weighted by molar-refractivity contribution is 0.313. The van der Waals surface area contributed by atoms with Crippen LogP contribution in [-0.4, -0.2) is 22.6 Å². The molecule has 0 radical (unpaired) electrons. The molecule has 0 fully saturated rings. The van der Waals surface area contributed by atoms with E-state index in [0.29, 0.717) is 0 Å². The maximum absolute atomic E-state index is 8.35. The maximum Gasteiger partial charge on any atom is 0.156 e. The quantitative estimate of drug-likeness (QED) is 0.185. The second-order valence-electron chi connectivity index (χ2n) is 3.16. The van der Waals surface area contributed by atoms with Gasteiger partial charge in [-0.25, -0.2) is 0 Å². The van der Waals surface area contributed by atoms with Crippen LogP contribution < -0.4 is 11.1 Å². The summed E-state index contributed by atoms with van der Waals surface area (Å²) in [7, 11) is 0. The first-order valence-electron chi connectivity index (χ1n) is 3.66. The molecule has 4 N–H and O–H groups in total. The molecule has 0 aromatic heterocycles. The van der Waals surface area contributed by atoms with Gasteiger partial charge in [-0.1, -0.05) is 11.1 Å². The van der Waals surface area contributed by atoms with Gasteiger partial charge < -0.3 is 10.9 Å². The van der Waals surface area contributed by atoms with Crippen LogP contribution in [0.1, 0.15) is 20.8 Å². The van der Waals surface area contributed by atoms with Gasteiger partial charge in [0.1, 0.15) is 0 Å². The standard InChI is InChI=1S/C8H15N3O/c1-5-8(3,4)10-6(2)7(9)11-12/h1,6,10,12H,2-4H3,(H2,9,11). The summed E-state index contributed by atoms with van der Waals surface area (Å²) in [6.07, 6.45) is 5.24. The van der Waals surface area contributed by atoms with Crippen molar-refractivity contribution in [3.63, 3.8) is 0 Å². The van der Waals surface area contributed by atoms with Crippen molar-refractivity contribution in [3.8, 4) is 12.3 Å². The minimum atomic E-state index is -0.450. The number of rotatable bonds is 3. The summed E-state index contributed by atoms with van der Waals surface area (Å²) in [6.45, 7) is 5.45. The summed E-state index contributed by atoms with van der Waals surface area (Å²) in [6, 6.07) is -0.235. The molecule has 0 aliphatic heterocycles. The van der Waals surface area contributed by atoms with E-state index in [4.69, 9.17) is 17.4 Å². The van der Waals surface area contributed by atoms with Crippen molar-refractivity contribution in [2.75, 3.05) is 0 Å². The first-order chi connectivity index (χ1) is 5.43.